The fraction of sp³-hybridized carbons (Fsp3) is 0.400. The van der Waals surface area contributed by atoms with E-state index in [1.54, 1.807) is 0 Å². The summed E-state index contributed by atoms with van der Waals surface area (Å²) in [7, 11) is 0. The molecule has 0 bridgehead atoms. The van der Waals surface area contributed by atoms with Gasteiger partial charge in [-0.25, -0.2) is 4.98 Å². The molecule has 3 heterocycles. The van der Waals surface area contributed by atoms with Crippen molar-refractivity contribution in [3.05, 3.63) is 47.4 Å². The Bertz CT molecular complexity index is 927. The van der Waals surface area contributed by atoms with Crippen LogP contribution in [-0.2, 0) is 6.42 Å². The van der Waals surface area contributed by atoms with Crippen LogP contribution >= 0.6 is 0 Å². The Kier molecular flexibility index (Phi) is 3.59. The summed E-state index contributed by atoms with van der Waals surface area (Å²) >= 11 is 0. The van der Waals surface area contributed by atoms with Crippen molar-refractivity contribution < 1.29 is 0 Å². The molecule has 6 heteroatoms. The van der Waals surface area contributed by atoms with Crippen LogP contribution in [0.25, 0.3) is 0 Å². The fourth-order valence-corrected chi connectivity index (χ4v) is 4.22. The molecule has 1 atom stereocenters. The van der Waals surface area contributed by atoms with Gasteiger partial charge in [0, 0.05) is 12.5 Å². The van der Waals surface area contributed by atoms with E-state index in [1.165, 1.54) is 31.2 Å². The monoisotopic (exact) mass is 344 g/mol. The number of aliphatic imine (C=N–C) groups is 2. The molecule has 0 radical (unpaired) electrons. The van der Waals surface area contributed by atoms with Crippen LogP contribution in [0.15, 0.2) is 40.3 Å². The number of hydrogen-bond donors (Lipinski definition) is 1. The van der Waals surface area contributed by atoms with Crippen molar-refractivity contribution in [2.45, 2.75) is 44.1 Å². The first-order valence-corrected chi connectivity index (χ1v) is 9.30. The number of imidazole rings is 1. The van der Waals surface area contributed by atoms with Crippen molar-refractivity contribution in [2.75, 3.05) is 6.54 Å². The number of nitriles is 1. The Balaban J connectivity index is 1.49. The minimum Gasteiger partial charge on any atom is -0.337 e. The average Bonchev–Trinajstić information content (AvgIpc) is 3.39. The predicted octanol–water partition coefficient (Wildman–Crippen LogP) is 3.31. The molecule has 1 aromatic carbocycles. The van der Waals surface area contributed by atoms with Gasteiger partial charge in [0.05, 0.1) is 6.04 Å². The van der Waals surface area contributed by atoms with Crippen molar-refractivity contribution in [1.82, 2.24) is 14.9 Å². The molecule has 6 nitrogen and oxygen atoms in total. The van der Waals surface area contributed by atoms with Gasteiger partial charge in [0.15, 0.2) is 11.7 Å². The molecule has 3 aliphatic rings. The molecule has 1 fully saturated rings. The maximum Gasteiger partial charge on any atom is 0.216 e. The number of amidine groups is 2. The number of benzene rings is 1. The lowest BCUT2D eigenvalue weighted by atomic mass is 10.1. The quantitative estimate of drug-likeness (QED) is 0.927. The highest BCUT2D eigenvalue weighted by Gasteiger charge is 2.37. The first-order valence-electron chi connectivity index (χ1n) is 9.30. The molecule has 0 saturated heterocycles. The summed E-state index contributed by atoms with van der Waals surface area (Å²) in [4.78, 5) is 19.5. The summed E-state index contributed by atoms with van der Waals surface area (Å²) < 4.78 is 0. The van der Waals surface area contributed by atoms with Gasteiger partial charge < -0.3 is 4.98 Å². The topological polar surface area (TPSA) is 80.4 Å². The van der Waals surface area contributed by atoms with Gasteiger partial charge in [-0.2, -0.15) is 10.3 Å². The molecule has 1 N–H and O–H groups in total. The Morgan fingerprint density at radius 2 is 2.00 bits per heavy atom. The lowest BCUT2D eigenvalue weighted by Gasteiger charge is -2.21. The van der Waals surface area contributed by atoms with Crippen LogP contribution in [0, 0.1) is 11.3 Å². The van der Waals surface area contributed by atoms with E-state index in [4.69, 9.17) is 9.98 Å². The third kappa shape index (κ3) is 2.51. The van der Waals surface area contributed by atoms with Crippen LogP contribution in [0.2, 0.25) is 0 Å². The number of H-pyrrole nitrogens is 1. The SMILES string of the molecule is N#CC1=Nc2nc(C3CCCC3)[nH]c2C2=N[C@H](Cc3ccccc3)CN12. The van der Waals surface area contributed by atoms with E-state index in [0.29, 0.717) is 24.1 Å². The van der Waals surface area contributed by atoms with Gasteiger partial charge in [0.2, 0.25) is 5.84 Å². The third-order valence-corrected chi connectivity index (χ3v) is 5.50. The highest BCUT2D eigenvalue weighted by Crippen LogP contribution is 2.36. The fourth-order valence-electron chi connectivity index (χ4n) is 4.22. The molecule has 130 valence electrons. The zero-order valence-corrected chi connectivity index (χ0v) is 14.5. The van der Waals surface area contributed by atoms with E-state index in [0.717, 1.165) is 23.8 Å². The van der Waals surface area contributed by atoms with Gasteiger partial charge in [-0.1, -0.05) is 43.2 Å². The Hall–Kier alpha value is -2.94. The Morgan fingerprint density at radius 3 is 2.77 bits per heavy atom. The smallest absolute Gasteiger partial charge is 0.216 e. The molecule has 2 aromatic rings. The van der Waals surface area contributed by atoms with Crippen molar-refractivity contribution in [2.24, 2.45) is 9.98 Å². The van der Waals surface area contributed by atoms with Gasteiger partial charge in [0.25, 0.3) is 0 Å². The van der Waals surface area contributed by atoms with Crippen molar-refractivity contribution in [3.63, 3.8) is 0 Å². The molecule has 5 rings (SSSR count). The number of aromatic amines is 1. The standard InChI is InChI=1S/C20H20N6/c21-11-16-23-19-17(24-18(25-19)14-8-4-5-9-14)20-22-15(12-26(16)20)10-13-6-2-1-3-7-13/h1-3,6-7,14-15H,4-5,8-10,12H2,(H,24,25)/t15-/m1/s1. The van der Waals surface area contributed by atoms with E-state index in [9.17, 15) is 5.26 Å². The maximum atomic E-state index is 9.54. The number of fused-ring (bicyclic) bond motifs is 3. The van der Waals surface area contributed by atoms with Crippen LogP contribution in [0.1, 0.15) is 48.7 Å². The van der Waals surface area contributed by atoms with Crippen LogP contribution in [-0.4, -0.2) is 39.1 Å². The molecule has 1 aromatic heterocycles. The number of aromatic nitrogens is 2. The molecule has 26 heavy (non-hydrogen) atoms. The largest absolute Gasteiger partial charge is 0.337 e. The first-order chi connectivity index (χ1) is 12.8. The van der Waals surface area contributed by atoms with Crippen LogP contribution in [0.5, 0.6) is 0 Å². The van der Waals surface area contributed by atoms with Crippen LogP contribution in [0.4, 0.5) is 5.82 Å². The van der Waals surface area contributed by atoms with E-state index in [2.05, 4.69) is 28.2 Å². The first kappa shape index (κ1) is 15.3. The second-order valence-corrected chi connectivity index (χ2v) is 7.26. The Labute approximate surface area is 152 Å². The summed E-state index contributed by atoms with van der Waals surface area (Å²) in [5.74, 6) is 3.33. The van der Waals surface area contributed by atoms with Crippen molar-refractivity contribution in [1.29, 1.82) is 5.26 Å². The molecule has 0 unspecified atom stereocenters. The van der Waals surface area contributed by atoms with Gasteiger partial charge in [-0.15, -0.1) is 0 Å². The van der Waals surface area contributed by atoms with E-state index in [-0.39, 0.29) is 6.04 Å². The number of rotatable bonds is 3. The molecule has 0 spiro atoms. The molecular weight excluding hydrogens is 324 g/mol. The van der Waals surface area contributed by atoms with Gasteiger partial charge >= 0.3 is 0 Å². The second-order valence-electron chi connectivity index (χ2n) is 7.26. The van der Waals surface area contributed by atoms with Gasteiger partial charge in [-0.05, 0) is 24.8 Å². The number of hydrogen-bond acceptors (Lipinski definition) is 5. The average molecular weight is 344 g/mol. The van der Waals surface area contributed by atoms with E-state index in [1.807, 2.05) is 23.1 Å². The Morgan fingerprint density at radius 1 is 1.19 bits per heavy atom. The number of nitrogens with one attached hydrogen (secondary N) is 1. The van der Waals surface area contributed by atoms with Gasteiger partial charge in [0.1, 0.15) is 17.6 Å². The predicted molar refractivity (Wildman–Crippen MR) is 99.7 cm³/mol. The van der Waals surface area contributed by atoms with Crippen LogP contribution in [0.3, 0.4) is 0 Å². The van der Waals surface area contributed by atoms with Crippen molar-refractivity contribution in [3.8, 4) is 6.07 Å². The second kappa shape index (κ2) is 6.10. The normalized spacial score (nSPS) is 21.8. The number of nitrogens with zero attached hydrogens (tertiary/aromatic N) is 5. The van der Waals surface area contributed by atoms with Crippen LogP contribution < -0.4 is 0 Å². The lowest BCUT2D eigenvalue weighted by molar-refractivity contribution is 0.570. The maximum absolute atomic E-state index is 9.54. The summed E-state index contributed by atoms with van der Waals surface area (Å²) in [6.07, 6.45) is 5.73. The summed E-state index contributed by atoms with van der Waals surface area (Å²) in [5.41, 5.74) is 2.13. The minimum atomic E-state index is 0.120. The molecule has 1 aliphatic carbocycles. The molecular formula is C20H20N6. The summed E-state index contributed by atoms with van der Waals surface area (Å²) in [6.45, 7) is 0.688. The third-order valence-electron chi connectivity index (χ3n) is 5.50. The zero-order chi connectivity index (χ0) is 17.5. The minimum absolute atomic E-state index is 0.120. The van der Waals surface area contributed by atoms with E-state index >= 15 is 0 Å². The van der Waals surface area contributed by atoms with Gasteiger partial charge in [-0.3, -0.25) is 9.89 Å². The van der Waals surface area contributed by atoms with E-state index < -0.39 is 0 Å². The summed E-state index contributed by atoms with van der Waals surface area (Å²) in [6, 6.07) is 12.7. The molecule has 2 aliphatic heterocycles. The highest BCUT2D eigenvalue weighted by atomic mass is 15.3. The molecule has 1 saturated carbocycles. The summed E-state index contributed by atoms with van der Waals surface area (Å²) in [5, 5.41) is 9.54. The highest BCUT2D eigenvalue weighted by molar-refractivity contribution is 6.19. The van der Waals surface area contributed by atoms with Crippen molar-refractivity contribution >= 4 is 17.5 Å². The zero-order valence-electron chi connectivity index (χ0n) is 14.5. The molecule has 0 amide bonds. The lowest BCUT2D eigenvalue weighted by Crippen LogP contribution is -2.37.